The first-order valence-electron chi connectivity index (χ1n) is 8.96. The number of nitrogens with two attached hydrogens (primary N) is 1. The minimum Gasteiger partial charge on any atom is -0.398 e. The van der Waals surface area contributed by atoms with Crippen LogP contribution in [0.4, 0.5) is 17.1 Å². The zero-order valence-corrected chi connectivity index (χ0v) is 14.8. The lowest BCUT2D eigenvalue weighted by Gasteiger charge is -2.30. The van der Waals surface area contributed by atoms with Crippen molar-refractivity contribution < 1.29 is 14.4 Å². The lowest BCUT2D eigenvalue weighted by Crippen LogP contribution is -2.50. The van der Waals surface area contributed by atoms with Gasteiger partial charge in [0, 0.05) is 36.3 Å². The van der Waals surface area contributed by atoms with E-state index < -0.39 is 0 Å². The van der Waals surface area contributed by atoms with Crippen LogP contribution < -0.4 is 21.1 Å². The quantitative estimate of drug-likeness (QED) is 0.797. The summed E-state index contributed by atoms with van der Waals surface area (Å²) in [6, 6.07) is 12.3. The summed E-state index contributed by atoms with van der Waals surface area (Å²) in [4.78, 5) is 38.3. The van der Waals surface area contributed by atoms with Crippen LogP contribution in [0, 0.1) is 0 Å². The van der Waals surface area contributed by atoms with E-state index in [4.69, 9.17) is 5.73 Å². The Labute approximate surface area is 156 Å². The molecule has 7 nitrogen and oxygen atoms in total. The van der Waals surface area contributed by atoms with Gasteiger partial charge in [-0.25, -0.2) is 5.01 Å². The SMILES string of the molecule is Nc1cccc2c1CCCN2C(=O)c1ccc(N2NC(=O)CCC2=O)cc1. The summed E-state index contributed by atoms with van der Waals surface area (Å²) in [5.41, 5.74) is 12.2. The topological polar surface area (TPSA) is 95.7 Å². The minimum absolute atomic E-state index is 0.109. The summed E-state index contributed by atoms with van der Waals surface area (Å²) in [7, 11) is 0. The van der Waals surface area contributed by atoms with Gasteiger partial charge in [-0.15, -0.1) is 0 Å². The van der Waals surface area contributed by atoms with E-state index in [2.05, 4.69) is 5.43 Å². The maximum absolute atomic E-state index is 13.0. The van der Waals surface area contributed by atoms with Crippen molar-refractivity contribution in [1.82, 2.24) is 5.43 Å². The van der Waals surface area contributed by atoms with E-state index in [1.54, 1.807) is 29.2 Å². The number of nitrogen functional groups attached to an aromatic ring is 1. The van der Waals surface area contributed by atoms with Crippen molar-refractivity contribution in [2.24, 2.45) is 0 Å². The zero-order chi connectivity index (χ0) is 19.0. The van der Waals surface area contributed by atoms with Gasteiger partial charge in [0.1, 0.15) is 0 Å². The van der Waals surface area contributed by atoms with Gasteiger partial charge >= 0.3 is 0 Å². The standard InChI is InChI=1S/C20H20N4O3/c21-16-4-1-5-17-15(16)3-2-12-23(17)20(27)13-6-8-14(9-7-13)24-19(26)11-10-18(25)22-24/h1,4-9H,2-3,10-12,21H2,(H,22,25). The third-order valence-electron chi connectivity index (χ3n) is 4.96. The molecule has 0 unspecified atom stereocenters. The molecule has 0 radical (unpaired) electrons. The highest BCUT2D eigenvalue weighted by Crippen LogP contribution is 2.32. The van der Waals surface area contributed by atoms with Crippen molar-refractivity contribution in [2.45, 2.75) is 25.7 Å². The van der Waals surface area contributed by atoms with E-state index in [1.165, 1.54) is 5.01 Å². The molecular weight excluding hydrogens is 344 g/mol. The number of benzene rings is 2. The van der Waals surface area contributed by atoms with E-state index >= 15 is 0 Å². The third-order valence-corrected chi connectivity index (χ3v) is 4.96. The van der Waals surface area contributed by atoms with Gasteiger partial charge in [0.05, 0.1) is 5.69 Å². The fourth-order valence-electron chi connectivity index (χ4n) is 3.56. The molecule has 1 saturated heterocycles. The van der Waals surface area contributed by atoms with Crippen LogP contribution in [0.5, 0.6) is 0 Å². The molecule has 0 spiro atoms. The van der Waals surface area contributed by atoms with E-state index in [0.717, 1.165) is 24.1 Å². The van der Waals surface area contributed by atoms with E-state index in [9.17, 15) is 14.4 Å². The largest absolute Gasteiger partial charge is 0.398 e. The number of hydrazine groups is 1. The van der Waals surface area contributed by atoms with Crippen molar-refractivity contribution >= 4 is 34.8 Å². The molecule has 0 aromatic heterocycles. The molecule has 0 atom stereocenters. The monoisotopic (exact) mass is 364 g/mol. The van der Waals surface area contributed by atoms with Crippen LogP contribution >= 0.6 is 0 Å². The third kappa shape index (κ3) is 3.12. The highest BCUT2D eigenvalue weighted by Gasteiger charge is 2.26. The molecule has 0 bridgehead atoms. The van der Waals surface area contributed by atoms with Gasteiger partial charge in [-0.05, 0) is 54.8 Å². The summed E-state index contributed by atoms with van der Waals surface area (Å²) < 4.78 is 0. The zero-order valence-electron chi connectivity index (χ0n) is 14.8. The molecule has 7 heteroatoms. The van der Waals surface area contributed by atoms with Gasteiger partial charge in [0.2, 0.25) is 11.8 Å². The molecule has 2 aromatic carbocycles. The van der Waals surface area contributed by atoms with Crippen LogP contribution in [0.25, 0.3) is 0 Å². The van der Waals surface area contributed by atoms with Crippen molar-refractivity contribution in [2.75, 3.05) is 22.2 Å². The molecule has 2 aromatic rings. The fourth-order valence-corrected chi connectivity index (χ4v) is 3.56. The fraction of sp³-hybridized carbons (Fsp3) is 0.250. The average Bonchev–Trinajstić information content (AvgIpc) is 2.69. The number of anilines is 3. The number of carbonyl (C=O) groups is 3. The Kier molecular flexibility index (Phi) is 4.27. The Morgan fingerprint density at radius 1 is 1.00 bits per heavy atom. The summed E-state index contributed by atoms with van der Waals surface area (Å²) in [5, 5.41) is 1.23. The van der Waals surface area contributed by atoms with E-state index in [1.807, 2.05) is 18.2 Å². The van der Waals surface area contributed by atoms with Crippen molar-refractivity contribution in [3.8, 4) is 0 Å². The Morgan fingerprint density at radius 2 is 1.78 bits per heavy atom. The number of hydrogen-bond acceptors (Lipinski definition) is 4. The second kappa shape index (κ2) is 6.75. The van der Waals surface area contributed by atoms with Gasteiger partial charge in [0.15, 0.2) is 0 Å². The normalized spacial score (nSPS) is 16.7. The van der Waals surface area contributed by atoms with Crippen LogP contribution in [0.15, 0.2) is 42.5 Å². The predicted octanol–water partition coefficient (Wildman–Crippen LogP) is 2.02. The Bertz CT molecular complexity index is 923. The molecule has 0 aliphatic carbocycles. The van der Waals surface area contributed by atoms with Crippen molar-refractivity contribution in [1.29, 1.82) is 0 Å². The maximum atomic E-state index is 13.0. The summed E-state index contributed by atoms with van der Waals surface area (Å²) in [6.45, 7) is 0.637. The van der Waals surface area contributed by atoms with E-state index in [0.29, 0.717) is 23.5 Å². The Hall–Kier alpha value is -3.35. The predicted molar refractivity (Wildman–Crippen MR) is 102 cm³/mol. The number of nitrogens with zero attached hydrogens (tertiary/aromatic N) is 2. The Balaban J connectivity index is 1.58. The van der Waals surface area contributed by atoms with Gasteiger partial charge < -0.3 is 10.6 Å². The highest BCUT2D eigenvalue weighted by molar-refractivity contribution is 6.07. The minimum atomic E-state index is -0.197. The summed E-state index contributed by atoms with van der Waals surface area (Å²) in [5.74, 6) is -0.478. The van der Waals surface area contributed by atoms with Crippen LogP contribution in [0.3, 0.4) is 0 Å². The van der Waals surface area contributed by atoms with Gasteiger partial charge in [0.25, 0.3) is 5.91 Å². The molecule has 27 heavy (non-hydrogen) atoms. The van der Waals surface area contributed by atoms with Crippen LogP contribution in [-0.2, 0) is 16.0 Å². The smallest absolute Gasteiger partial charge is 0.258 e. The average molecular weight is 364 g/mol. The second-order valence-corrected chi connectivity index (χ2v) is 6.72. The van der Waals surface area contributed by atoms with Gasteiger partial charge in [-0.1, -0.05) is 6.07 Å². The molecule has 2 aliphatic rings. The molecule has 0 saturated carbocycles. The van der Waals surface area contributed by atoms with Crippen LogP contribution in [0.2, 0.25) is 0 Å². The second-order valence-electron chi connectivity index (χ2n) is 6.72. The van der Waals surface area contributed by atoms with Gasteiger partial charge in [-0.3, -0.25) is 19.8 Å². The first-order chi connectivity index (χ1) is 13.0. The Morgan fingerprint density at radius 3 is 2.56 bits per heavy atom. The summed E-state index contributed by atoms with van der Waals surface area (Å²) in [6.07, 6.45) is 2.10. The van der Waals surface area contributed by atoms with Crippen molar-refractivity contribution in [3.63, 3.8) is 0 Å². The molecule has 4 rings (SSSR count). The van der Waals surface area contributed by atoms with E-state index in [-0.39, 0.29) is 30.6 Å². The van der Waals surface area contributed by atoms with Crippen molar-refractivity contribution in [3.05, 3.63) is 53.6 Å². The van der Waals surface area contributed by atoms with Crippen LogP contribution in [0.1, 0.15) is 35.2 Å². The van der Waals surface area contributed by atoms with Gasteiger partial charge in [-0.2, -0.15) is 0 Å². The summed E-state index contributed by atoms with van der Waals surface area (Å²) >= 11 is 0. The number of nitrogens with one attached hydrogen (secondary N) is 1. The lowest BCUT2D eigenvalue weighted by molar-refractivity contribution is -0.130. The first kappa shape index (κ1) is 17.1. The molecular formula is C20H20N4O3. The molecule has 138 valence electrons. The number of hydrogen-bond donors (Lipinski definition) is 2. The molecule has 3 N–H and O–H groups in total. The first-order valence-corrected chi connectivity index (χ1v) is 8.96. The van der Waals surface area contributed by atoms with Crippen LogP contribution in [-0.4, -0.2) is 24.3 Å². The number of amides is 3. The highest BCUT2D eigenvalue weighted by atomic mass is 16.2. The molecule has 2 aliphatic heterocycles. The number of rotatable bonds is 2. The molecule has 2 heterocycles. The lowest BCUT2D eigenvalue weighted by atomic mass is 9.99. The number of carbonyl (C=O) groups excluding carboxylic acids is 3. The maximum Gasteiger partial charge on any atom is 0.258 e. The number of fused-ring (bicyclic) bond motifs is 1. The molecule has 3 amide bonds. The molecule has 1 fully saturated rings.